The molecule has 0 bridgehead atoms. The zero-order valence-electron chi connectivity index (χ0n) is 10.2. The van der Waals surface area contributed by atoms with E-state index in [0.29, 0.717) is 11.4 Å². The first-order valence-corrected chi connectivity index (χ1v) is 7.28. The number of nitrogens with one attached hydrogen (secondary N) is 2. The van der Waals surface area contributed by atoms with Crippen LogP contribution in [0, 0.1) is 13.8 Å². The molecule has 0 amide bonds. The number of rotatable bonds is 3. The molecule has 1 heterocycles. The minimum absolute atomic E-state index is 0.0154. The Kier molecular flexibility index (Phi) is 3.51. The van der Waals surface area contributed by atoms with E-state index in [1.54, 1.807) is 12.1 Å². The fraction of sp³-hybridized carbons (Fsp3) is 0.500. The minimum Gasteiger partial charge on any atom is -0.315 e. The first-order valence-electron chi connectivity index (χ1n) is 5.79. The van der Waals surface area contributed by atoms with E-state index in [0.717, 1.165) is 24.1 Å². The van der Waals surface area contributed by atoms with Crippen LogP contribution in [0.4, 0.5) is 0 Å². The summed E-state index contributed by atoms with van der Waals surface area (Å²) in [4.78, 5) is 0.354. The van der Waals surface area contributed by atoms with E-state index in [2.05, 4.69) is 10.0 Å². The lowest BCUT2D eigenvalue weighted by molar-refractivity contribution is 0.560. The molecule has 0 saturated carbocycles. The van der Waals surface area contributed by atoms with E-state index in [-0.39, 0.29) is 6.04 Å². The first-order chi connectivity index (χ1) is 7.99. The zero-order chi connectivity index (χ0) is 12.5. The second-order valence-electron chi connectivity index (χ2n) is 4.56. The number of hydrogen-bond donors (Lipinski definition) is 2. The molecule has 2 rings (SSSR count). The van der Waals surface area contributed by atoms with Crippen molar-refractivity contribution < 1.29 is 8.42 Å². The normalized spacial score (nSPS) is 20.7. The maximum absolute atomic E-state index is 12.1. The molecule has 1 atom stereocenters. The molecule has 1 aliphatic heterocycles. The van der Waals surface area contributed by atoms with Gasteiger partial charge in [0, 0.05) is 12.6 Å². The summed E-state index contributed by atoms with van der Waals surface area (Å²) in [5, 5.41) is 3.14. The van der Waals surface area contributed by atoms with Crippen molar-refractivity contribution >= 4 is 10.0 Å². The molecule has 17 heavy (non-hydrogen) atoms. The predicted octanol–water partition coefficient (Wildman–Crippen LogP) is 0.944. The average molecular weight is 254 g/mol. The van der Waals surface area contributed by atoms with Crippen LogP contribution in [0.5, 0.6) is 0 Å². The van der Waals surface area contributed by atoms with Gasteiger partial charge < -0.3 is 5.32 Å². The van der Waals surface area contributed by atoms with Gasteiger partial charge in [-0.2, -0.15) is 0 Å². The Hall–Kier alpha value is -0.910. The van der Waals surface area contributed by atoms with Crippen molar-refractivity contribution in [3.8, 4) is 0 Å². The highest BCUT2D eigenvalue weighted by atomic mass is 32.2. The highest BCUT2D eigenvalue weighted by Crippen LogP contribution is 2.15. The Morgan fingerprint density at radius 2 is 2.06 bits per heavy atom. The first kappa shape index (κ1) is 12.5. The molecule has 0 aromatic heterocycles. The summed E-state index contributed by atoms with van der Waals surface area (Å²) in [7, 11) is -3.37. The summed E-state index contributed by atoms with van der Waals surface area (Å²) in [5.41, 5.74) is 2.10. The van der Waals surface area contributed by atoms with Crippen molar-refractivity contribution in [1.82, 2.24) is 10.0 Å². The Labute approximate surface area is 102 Å². The van der Waals surface area contributed by atoms with Crippen molar-refractivity contribution in [2.75, 3.05) is 13.1 Å². The highest BCUT2D eigenvalue weighted by Gasteiger charge is 2.22. The fourth-order valence-electron chi connectivity index (χ4n) is 1.92. The molecule has 0 spiro atoms. The van der Waals surface area contributed by atoms with Crippen molar-refractivity contribution in [2.24, 2.45) is 0 Å². The summed E-state index contributed by atoms with van der Waals surface area (Å²) in [5.74, 6) is 0. The van der Waals surface area contributed by atoms with E-state index < -0.39 is 10.0 Å². The van der Waals surface area contributed by atoms with Crippen LogP contribution in [0.25, 0.3) is 0 Å². The molecule has 5 heteroatoms. The van der Waals surface area contributed by atoms with Crippen molar-refractivity contribution in [2.45, 2.75) is 31.2 Å². The molecular weight excluding hydrogens is 236 g/mol. The topological polar surface area (TPSA) is 58.2 Å². The van der Waals surface area contributed by atoms with Crippen LogP contribution in [-0.2, 0) is 10.0 Å². The maximum atomic E-state index is 12.1. The SMILES string of the molecule is Cc1ccc(S(=O)(=O)N[C@@H]2CCNC2)cc1C. The van der Waals surface area contributed by atoms with Crippen LogP contribution in [0.2, 0.25) is 0 Å². The Balaban J connectivity index is 2.21. The number of hydrogen-bond acceptors (Lipinski definition) is 3. The molecule has 0 radical (unpaired) electrons. The van der Waals surface area contributed by atoms with Gasteiger partial charge in [0.25, 0.3) is 0 Å². The average Bonchev–Trinajstić information content (AvgIpc) is 2.73. The smallest absolute Gasteiger partial charge is 0.240 e. The minimum atomic E-state index is -3.37. The second kappa shape index (κ2) is 4.76. The Morgan fingerprint density at radius 1 is 1.29 bits per heavy atom. The quantitative estimate of drug-likeness (QED) is 0.844. The van der Waals surface area contributed by atoms with Crippen LogP contribution in [0.3, 0.4) is 0 Å². The standard InChI is InChI=1S/C12H18N2O2S/c1-9-3-4-12(7-10(9)2)17(15,16)14-11-5-6-13-8-11/h3-4,7,11,13-14H,5-6,8H2,1-2H3/t11-/m1/s1. The van der Waals surface area contributed by atoms with Crippen molar-refractivity contribution in [1.29, 1.82) is 0 Å². The van der Waals surface area contributed by atoms with Crippen LogP contribution >= 0.6 is 0 Å². The molecule has 1 aromatic rings. The molecule has 1 saturated heterocycles. The second-order valence-corrected chi connectivity index (χ2v) is 6.27. The van der Waals surface area contributed by atoms with Gasteiger partial charge in [0.15, 0.2) is 0 Å². The Bertz CT molecular complexity index is 505. The molecule has 2 N–H and O–H groups in total. The van der Waals surface area contributed by atoms with Gasteiger partial charge >= 0.3 is 0 Å². The van der Waals surface area contributed by atoms with E-state index in [4.69, 9.17) is 0 Å². The fourth-order valence-corrected chi connectivity index (χ4v) is 3.28. The number of aryl methyl sites for hydroxylation is 2. The van der Waals surface area contributed by atoms with Gasteiger partial charge in [-0.05, 0) is 50.1 Å². The monoisotopic (exact) mass is 254 g/mol. The van der Waals surface area contributed by atoms with Gasteiger partial charge in [-0.25, -0.2) is 13.1 Å². The third kappa shape index (κ3) is 2.86. The van der Waals surface area contributed by atoms with Gasteiger partial charge in [0.1, 0.15) is 0 Å². The maximum Gasteiger partial charge on any atom is 0.240 e. The third-order valence-corrected chi connectivity index (χ3v) is 4.69. The van der Waals surface area contributed by atoms with Crippen LogP contribution in [-0.4, -0.2) is 27.5 Å². The predicted molar refractivity (Wildman–Crippen MR) is 67.5 cm³/mol. The molecule has 1 fully saturated rings. The summed E-state index contributed by atoms with van der Waals surface area (Å²) in [6.45, 7) is 5.48. The van der Waals surface area contributed by atoms with Gasteiger partial charge in [0.05, 0.1) is 4.90 Å². The Morgan fingerprint density at radius 3 is 2.65 bits per heavy atom. The van der Waals surface area contributed by atoms with Crippen LogP contribution < -0.4 is 10.0 Å². The lowest BCUT2D eigenvalue weighted by Crippen LogP contribution is -2.36. The molecule has 4 nitrogen and oxygen atoms in total. The van der Waals surface area contributed by atoms with Gasteiger partial charge in [0.2, 0.25) is 10.0 Å². The van der Waals surface area contributed by atoms with E-state index in [1.807, 2.05) is 19.9 Å². The summed E-state index contributed by atoms with van der Waals surface area (Å²) in [6, 6.07) is 5.24. The van der Waals surface area contributed by atoms with Gasteiger partial charge in [-0.15, -0.1) is 0 Å². The van der Waals surface area contributed by atoms with E-state index >= 15 is 0 Å². The summed E-state index contributed by atoms with van der Waals surface area (Å²) in [6.07, 6.45) is 0.851. The molecule has 1 aliphatic rings. The molecular formula is C12H18N2O2S. The van der Waals surface area contributed by atoms with Crippen LogP contribution in [0.1, 0.15) is 17.5 Å². The summed E-state index contributed by atoms with van der Waals surface area (Å²) < 4.78 is 27.0. The molecule has 1 aromatic carbocycles. The number of benzene rings is 1. The van der Waals surface area contributed by atoms with E-state index in [1.165, 1.54) is 0 Å². The molecule has 0 aliphatic carbocycles. The number of sulfonamides is 1. The lowest BCUT2D eigenvalue weighted by atomic mass is 10.1. The third-order valence-electron chi connectivity index (χ3n) is 3.17. The van der Waals surface area contributed by atoms with Gasteiger partial charge in [-0.1, -0.05) is 6.07 Å². The lowest BCUT2D eigenvalue weighted by Gasteiger charge is -2.12. The van der Waals surface area contributed by atoms with E-state index in [9.17, 15) is 8.42 Å². The molecule has 94 valence electrons. The van der Waals surface area contributed by atoms with Crippen molar-refractivity contribution in [3.05, 3.63) is 29.3 Å². The summed E-state index contributed by atoms with van der Waals surface area (Å²) >= 11 is 0. The van der Waals surface area contributed by atoms with Crippen LogP contribution in [0.15, 0.2) is 23.1 Å². The zero-order valence-corrected chi connectivity index (χ0v) is 11.0. The molecule has 0 unspecified atom stereocenters. The largest absolute Gasteiger partial charge is 0.315 e. The van der Waals surface area contributed by atoms with Crippen molar-refractivity contribution in [3.63, 3.8) is 0 Å². The highest BCUT2D eigenvalue weighted by molar-refractivity contribution is 7.89. The van der Waals surface area contributed by atoms with Gasteiger partial charge in [-0.3, -0.25) is 0 Å².